The van der Waals surface area contributed by atoms with E-state index < -0.39 is 0 Å². The summed E-state index contributed by atoms with van der Waals surface area (Å²) in [6, 6.07) is 18.5. The number of hydrogen-bond donors (Lipinski definition) is 1. The summed E-state index contributed by atoms with van der Waals surface area (Å²) in [5.74, 6) is 0. The van der Waals surface area contributed by atoms with Crippen LogP contribution in [0.2, 0.25) is 0 Å². The van der Waals surface area contributed by atoms with Crippen molar-refractivity contribution in [2.45, 2.75) is 25.3 Å². The molecule has 2 aromatic carbocycles. The predicted molar refractivity (Wildman–Crippen MR) is 116 cm³/mol. The maximum Gasteiger partial charge on any atom is 0.0372 e. The van der Waals surface area contributed by atoms with Crippen LogP contribution in [0.25, 0.3) is 11.6 Å². The number of anilines is 1. The molecule has 0 unspecified atom stereocenters. The Kier molecular flexibility index (Phi) is 5.61. The monoisotopic (exact) mass is 361 g/mol. The lowest BCUT2D eigenvalue weighted by Crippen LogP contribution is -2.44. The molecule has 0 amide bonds. The fourth-order valence-corrected chi connectivity index (χ4v) is 4.20. The van der Waals surface area contributed by atoms with Gasteiger partial charge >= 0.3 is 0 Å². The number of hydrogen-bond acceptors (Lipinski definition) is 3. The number of rotatable bonds is 6. The molecule has 0 aromatic heterocycles. The number of allylic oxidation sites excluding steroid dienone is 1. The minimum absolute atomic E-state index is 0.663. The first-order valence-electron chi connectivity index (χ1n) is 10.2. The second-order valence-electron chi connectivity index (χ2n) is 8.11. The van der Waals surface area contributed by atoms with Crippen LogP contribution in [-0.2, 0) is 6.42 Å². The number of likely N-dealkylation sites (N-methyl/N-ethyl adjacent to an activating group) is 1. The Morgan fingerprint density at radius 3 is 2.63 bits per heavy atom. The van der Waals surface area contributed by atoms with Crippen molar-refractivity contribution in [1.29, 1.82) is 0 Å². The van der Waals surface area contributed by atoms with E-state index in [4.69, 9.17) is 0 Å². The third-order valence-corrected chi connectivity index (χ3v) is 5.83. The molecule has 2 aliphatic rings. The summed E-state index contributed by atoms with van der Waals surface area (Å²) < 4.78 is 0. The van der Waals surface area contributed by atoms with Gasteiger partial charge in [-0.1, -0.05) is 42.5 Å². The molecule has 0 saturated carbocycles. The number of nitrogens with zero attached hydrogens (tertiary/aromatic N) is 2. The molecule has 0 bridgehead atoms. The molecule has 0 spiro atoms. The van der Waals surface area contributed by atoms with Crippen molar-refractivity contribution in [3.8, 4) is 0 Å². The molecule has 1 aliphatic heterocycles. The first-order chi connectivity index (χ1) is 13.2. The van der Waals surface area contributed by atoms with Gasteiger partial charge in [0, 0.05) is 37.9 Å². The first-order valence-corrected chi connectivity index (χ1v) is 10.2. The second kappa shape index (κ2) is 8.28. The van der Waals surface area contributed by atoms with Crippen LogP contribution < -0.4 is 10.2 Å². The van der Waals surface area contributed by atoms with E-state index in [1.165, 1.54) is 40.8 Å². The van der Waals surface area contributed by atoms with Gasteiger partial charge in [0.25, 0.3) is 0 Å². The Balaban J connectivity index is 1.37. The SMILES string of the molecule is CN(C)CCNC1CCN(c2cccc(C3=Cc4ccccc4C3)c2)CC1. The van der Waals surface area contributed by atoms with E-state index in [9.17, 15) is 0 Å². The molecular formula is C24H31N3. The van der Waals surface area contributed by atoms with Crippen molar-refractivity contribution < 1.29 is 0 Å². The van der Waals surface area contributed by atoms with Crippen molar-refractivity contribution in [3.05, 3.63) is 65.2 Å². The van der Waals surface area contributed by atoms with E-state index in [1.807, 2.05) is 0 Å². The molecule has 0 radical (unpaired) electrons. The summed E-state index contributed by atoms with van der Waals surface area (Å²) in [4.78, 5) is 4.79. The van der Waals surface area contributed by atoms with Gasteiger partial charge in [-0.2, -0.15) is 0 Å². The van der Waals surface area contributed by atoms with Gasteiger partial charge in [-0.3, -0.25) is 0 Å². The summed E-state index contributed by atoms with van der Waals surface area (Å²) in [6.45, 7) is 4.48. The predicted octanol–water partition coefficient (Wildman–Crippen LogP) is 3.90. The molecule has 0 atom stereocenters. The van der Waals surface area contributed by atoms with Gasteiger partial charge in [0.2, 0.25) is 0 Å². The van der Waals surface area contributed by atoms with Crippen molar-refractivity contribution in [2.24, 2.45) is 0 Å². The summed E-state index contributed by atoms with van der Waals surface area (Å²) in [7, 11) is 4.27. The highest BCUT2D eigenvalue weighted by molar-refractivity contribution is 5.89. The minimum Gasteiger partial charge on any atom is -0.371 e. The smallest absolute Gasteiger partial charge is 0.0372 e. The molecule has 1 aliphatic carbocycles. The van der Waals surface area contributed by atoms with Crippen molar-refractivity contribution in [2.75, 3.05) is 45.2 Å². The van der Waals surface area contributed by atoms with Gasteiger partial charge in [0.1, 0.15) is 0 Å². The number of fused-ring (bicyclic) bond motifs is 1. The van der Waals surface area contributed by atoms with Crippen LogP contribution in [0.1, 0.15) is 29.5 Å². The van der Waals surface area contributed by atoms with Crippen LogP contribution in [-0.4, -0.2) is 51.2 Å². The summed E-state index contributed by atoms with van der Waals surface area (Å²) in [5, 5.41) is 3.71. The highest BCUT2D eigenvalue weighted by Gasteiger charge is 2.20. The van der Waals surface area contributed by atoms with Crippen LogP contribution in [0.4, 0.5) is 5.69 Å². The molecule has 3 nitrogen and oxygen atoms in total. The lowest BCUT2D eigenvalue weighted by molar-refractivity contribution is 0.359. The third kappa shape index (κ3) is 4.42. The molecule has 1 saturated heterocycles. The van der Waals surface area contributed by atoms with Gasteiger partial charge in [0.15, 0.2) is 0 Å². The molecule has 4 rings (SSSR count). The normalized spacial score (nSPS) is 17.3. The number of benzene rings is 2. The maximum atomic E-state index is 3.71. The third-order valence-electron chi connectivity index (χ3n) is 5.83. The lowest BCUT2D eigenvalue weighted by Gasteiger charge is -2.34. The van der Waals surface area contributed by atoms with E-state index in [1.54, 1.807) is 0 Å². The topological polar surface area (TPSA) is 18.5 Å². The second-order valence-corrected chi connectivity index (χ2v) is 8.11. The lowest BCUT2D eigenvalue weighted by atomic mass is 10.0. The fraction of sp³-hybridized carbons (Fsp3) is 0.417. The molecule has 27 heavy (non-hydrogen) atoms. The average Bonchev–Trinajstić information content (AvgIpc) is 3.13. The molecule has 1 N–H and O–H groups in total. The summed E-state index contributed by atoms with van der Waals surface area (Å²) in [6.07, 6.45) is 5.87. The molecule has 142 valence electrons. The van der Waals surface area contributed by atoms with Crippen molar-refractivity contribution in [1.82, 2.24) is 10.2 Å². The molecule has 3 heteroatoms. The Hall–Kier alpha value is -2.10. The zero-order chi connectivity index (χ0) is 18.6. The van der Waals surface area contributed by atoms with Crippen LogP contribution in [0.15, 0.2) is 48.5 Å². The average molecular weight is 362 g/mol. The van der Waals surface area contributed by atoms with Crippen molar-refractivity contribution >= 4 is 17.3 Å². The van der Waals surface area contributed by atoms with Gasteiger partial charge in [-0.15, -0.1) is 0 Å². The van der Waals surface area contributed by atoms with Gasteiger partial charge in [-0.05, 0) is 67.8 Å². The fourth-order valence-electron chi connectivity index (χ4n) is 4.20. The quantitative estimate of drug-likeness (QED) is 0.842. The number of nitrogens with one attached hydrogen (secondary N) is 1. The van der Waals surface area contributed by atoms with E-state index in [-0.39, 0.29) is 0 Å². The van der Waals surface area contributed by atoms with Crippen LogP contribution >= 0.6 is 0 Å². The summed E-state index contributed by atoms with van der Waals surface area (Å²) in [5.41, 5.74) is 7.01. The Bertz CT molecular complexity index is 801. The van der Waals surface area contributed by atoms with Crippen LogP contribution in [0, 0.1) is 0 Å². The first kappa shape index (κ1) is 18.3. The Labute approximate surface area is 163 Å². The van der Waals surface area contributed by atoms with E-state index >= 15 is 0 Å². The summed E-state index contributed by atoms with van der Waals surface area (Å²) >= 11 is 0. The van der Waals surface area contributed by atoms with Gasteiger partial charge < -0.3 is 15.1 Å². The zero-order valence-corrected chi connectivity index (χ0v) is 16.6. The highest BCUT2D eigenvalue weighted by Crippen LogP contribution is 2.33. The Morgan fingerprint density at radius 2 is 1.85 bits per heavy atom. The Morgan fingerprint density at radius 1 is 1.04 bits per heavy atom. The van der Waals surface area contributed by atoms with Crippen LogP contribution in [0.3, 0.4) is 0 Å². The minimum atomic E-state index is 0.663. The van der Waals surface area contributed by atoms with E-state index in [0.29, 0.717) is 6.04 Å². The largest absolute Gasteiger partial charge is 0.371 e. The molecule has 2 aromatic rings. The molecular weight excluding hydrogens is 330 g/mol. The van der Waals surface area contributed by atoms with Gasteiger partial charge in [-0.25, -0.2) is 0 Å². The number of piperidine rings is 1. The van der Waals surface area contributed by atoms with E-state index in [2.05, 4.69) is 83.8 Å². The zero-order valence-electron chi connectivity index (χ0n) is 16.6. The van der Waals surface area contributed by atoms with Crippen molar-refractivity contribution in [3.63, 3.8) is 0 Å². The van der Waals surface area contributed by atoms with Gasteiger partial charge in [0.05, 0.1) is 0 Å². The molecule has 1 heterocycles. The maximum absolute atomic E-state index is 3.71. The molecule has 1 fully saturated rings. The standard InChI is InChI=1S/C24H31N3/c1-26(2)15-12-25-23-10-13-27(14-11-23)24-9-5-8-21(18-24)22-16-19-6-3-4-7-20(19)17-22/h3-9,16,18,23,25H,10-15,17H2,1-2H3. The van der Waals surface area contributed by atoms with E-state index in [0.717, 1.165) is 32.6 Å². The van der Waals surface area contributed by atoms with Crippen LogP contribution in [0.5, 0.6) is 0 Å². The highest BCUT2D eigenvalue weighted by atomic mass is 15.2.